The highest BCUT2D eigenvalue weighted by Gasteiger charge is 2.23. The Morgan fingerprint density at radius 3 is 2.00 bits per heavy atom. The molecule has 0 aliphatic carbocycles. The normalized spacial score (nSPS) is 13.0. The van der Waals surface area contributed by atoms with Gasteiger partial charge in [-0.25, -0.2) is 0 Å². The van der Waals surface area contributed by atoms with E-state index in [4.69, 9.17) is 0 Å². The van der Waals surface area contributed by atoms with Crippen molar-refractivity contribution in [3.63, 3.8) is 0 Å². The Bertz CT molecular complexity index is 814. The molecule has 112 valence electrons. The van der Waals surface area contributed by atoms with E-state index in [0.29, 0.717) is 18.7 Å². The third-order valence-corrected chi connectivity index (χ3v) is 4.17. The Morgan fingerprint density at radius 2 is 1.43 bits per heavy atom. The number of hydrogen-bond donors (Lipinski definition) is 0. The number of fused-ring (bicyclic) bond motifs is 3. The molecule has 0 atom stereocenters. The molecule has 0 fully saturated rings. The number of amides is 1. The second kappa shape index (κ2) is 5.65. The molecule has 4 rings (SSSR count). The molecule has 1 aliphatic rings. The van der Waals surface area contributed by atoms with Crippen molar-refractivity contribution in [2.75, 3.05) is 0 Å². The molecule has 23 heavy (non-hydrogen) atoms. The van der Waals surface area contributed by atoms with Crippen molar-refractivity contribution in [1.29, 1.82) is 0 Å². The lowest BCUT2D eigenvalue weighted by Gasteiger charge is -2.21. The van der Waals surface area contributed by atoms with Gasteiger partial charge in [-0.1, -0.05) is 48.5 Å². The van der Waals surface area contributed by atoms with Crippen molar-refractivity contribution in [3.8, 4) is 11.1 Å². The zero-order valence-electron chi connectivity index (χ0n) is 12.5. The van der Waals surface area contributed by atoms with Gasteiger partial charge in [0.2, 0.25) is 0 Å². The molecule has 0 saturated heterocycles. The third kappa shape index (κ3) is 2.48. The van der Waals surface area contributed by atoms with Crippen LogP contribution in [-0.2, 0) is 13.1 Å². The van der Waals surface area contributed by atoms with E-state index in [1.54, 1.807) is 12.3 Å². The highest BCUT2D eigenvalue weighted by atomic mass is 16.2. The van der Waals surface area contributed by atoms with E-state index in [0.717, 1.165) is 11.1 Å². The maximum atomic E-state index is 12.8. The van der Waals surface area contributed by atoms with Crippen molar-refractivity contribution in [2.45, 2.75) is 13.1 Å². The van der Waals surface area contributed by atoms with Crippen molar-refractivity contribution >= 4 is 5.91 Å². The minimum absolute atomic E-state index is 0.0218. The zero-order chi connectivity index (χ0) is 15.6. The molecule has 1 aliphatic heterocycles. The smallest absolute Gasteiger partial charge is 0.256 e. The van der Waals surface area contributed by atoms with E-state index in [9.17, 15) is 4.79 Å². The van der Waals surface area contributed by atoms with Crippen molar-refractivity contribution < 1.29 is 4.79 Å². The van der Waals surface area contributed by atoms with Gasteiger partial charge < -0.3 is 4.90 Å². The Morgan fingerprint density at radius 1 is 0.826 bits per heavy atom. The predicted octanol–water partition coefficient (Wildman–Crippen LogP) is 3.30. The highest BCUT2D eigenvalue weighted by molar-refractivity contribution is 5.94. The maximum absolute atomic E-state index is 12.8. The van der Waals surface area contributed by atoms with E-state index in [-0.39, 0.29) is 5.91 Å². The lowest BCUT2D eigenvalue weighted by atomic mass is 9.97. The largest absolute Gasteiger partial charge is 0.330 e. The molecular weight excluding hydrogens is 286 g/mol. The molecule has 4 nitrogen and oxygen atoms in total. The van der Waals surface area contributed by atoms with Crippen molar-refractivity contribution in [3.05, 3.63) is 83.7 Å². The molecule has 1 aromatic heterocycles. The summed E-state index contributed by atoms with van der Waals surface area (Å²) in [5.74, 6) is -0.0218. The van der Waals surface area contributed by atoms with Crippen molar-refractivity contribution in [2.24, 2.45) is 0 Å². The number of benzene rings is 2. The number of aromatic nitrogens is 2. The van der Waals surface area contributed by atoms with Gasteiger partial charge in [0.1, 0.15) is 0 Å². The molecule has 0 radical (unpaired) electrons. The first kappa shape index (κ1) is 13.6. The summed E-state index contributed by atoms with van der Waals surface area (Å²) in [6.45, 7) is 1.18. The van der Waals surface area contributed by atoms with Crippen LogP contribution in [0, 0.1) is 0 Å². The van der Waals surface area contributed by atoms with Crippen LogP contribution in [0.4, 0.5) is 0 Å². The van der Waals surface area contributed by atoms with Gasteiger partial charge in [-0.3, -0.25) is 4.79 Å². The number of nitrogens with zero attached hydrogens (tertiary/aromatic N) is 3. The standard InChI is InChI=1S/C19H15N3O/c23-19(14-9-10-20-21-11-14)22-12-15-5-1-3-7-17(15)18-8-4-2-6-16(18)13-22/h1-11H,12-13H2. The molecule has 1 amide bonds. The quantitative estimate of drug-likeness (QED) is 0.693. The molecule has 4 heteroatoms. The lowest BCUT2D eigenvalue weighted by molar-refractivity contribution is 0.0731. The number of carbonyl (C=O) groups excluding carboxylic acids is 1. The Balaban J connectivity index is 1.80. The molecule has 2 aromatic carbocycles. The van der Waals surface area contributed by atoms with Gasteiger partial charge in [-0.05, 0) is 28.3 Å². The molecular formula is C19H15N3O. The average Bonchev–Trinajstić information content (AvgIpc) is 2.79. The van der Waals surface area contributed by atoms with Crippen LogP contribution in [0.5, 0.6) is 0 Å². The first-order chi connectivity index (χ1) is 11.3. The van der Waals surface area contributed by atoms with Gasteiger partial charge in [-0.15, -0.1) is 0 Å². The summed E-state index contributed by atoms with van der Waals surface area (Å²) >= 11 is 0. The van der Waals surface area contributed by atoms with E-state index in [1.165, 1.54) is 17.3 Å². The SMILES string of the molecule is O=C(c1ccnnc1)N1Cc2ccccc2-c2ccccc2C1. The fraction of sp³-hybridized carbons (Fsp3) is 0.105. The maximum Gasteiger partial charge on any atom is 0.256 e. The van der Waals surface area contributed by atoms with Crippen LogP contribution in [0.15, 0.2) is 67.0 Å². The molecule has 2 heterocycles. The minimum atomic E-state index is -0.0218. The van der Waals surface area contributed by atoms with Crippen LogP contribution in [0.1, 0.15) is 21.5 Å². The molecule has 0 bridgehead atoms. The van der Waals surface area contributed by atoms with E-state index < -0.39 is 0 Å². The number of carbonyl (C=O) groups is 1. The van der Waals surface area contributed by atoms with Gasteiger partial charge in [0.15, 0.2) is 0 Å². The second-order valence-electron chi connectivity index (χ2n) is 5.61. The van der Waals surface area contributed by atoms with Crippen LogP contribution < -0.4 is 0 Å². The monoisotopic (exact) mass is 301 g/mol. The summed E-state index contributed by atoms with van der Waals surface area (Å²) in [4.78, 5) is 14.7. The Hall–Kier alpha value is -3.01. The van der Waals surface area contributed by atoms with Crippen LogP contribution in [0.25, 0.3) is 11.1 Å². The summed E-state index contributed by atoms with van der Waals surface area (Å²) in [6.07, 6.45) is 3.07. The number of hydrogen-bond acceptors (Lipinski definition) is 3. The van der Waals surface area contributed by atoms with Gasteiger partial charge in [0, 0.05) is 13.1 Å². The van der Waals surface area contributed by atoms with Gasteiger partial charge in [-0.2, -0.15) is 10.2 Å². The molecule has 0 N–H and O–H groups in total. The summed E-state index contributed by atoms with van der Waals surface area (Å²) in [5, 5.41) is 7.56. The average molecular weight is 301 g/mol. The first-order valence-corrected chi connectivity index (χ1v) is 7.55. The fourth-order valence-corrected chi connectivity index (χ4v) is 3.05. The van der Waals surface area contributed by atoms with Gasteiger partial charge in [0.05, 0.1) is 18.0 Å². The second-order valence-corrected chi connectivity index (χ2v) is 5.61. The van der Waals surface area contributed by atoms with Gasteiger partial charge >= 0.3 is 0 Å². The summed E-state index contributed by atoms with van der Waals surface area (Å²) in [6, 6.07) is 18.2. The van der Waals surface area contributed by atoms with Crippen LogP contribution in [-0.4, -0.2) is 21.0 Å². The molecule has 0 spiro atoms. The molecule has 0 unspecified atom stereocenters. The third-order valence-electron chi connectivity index (χ3n) is 4.17. The predicted molar refractivity (Wildman–Crippen MR) is 87.5 cm³/mol. The highest BCUT2D eigenvalue weighted by Crippen LogP contribution is 2.32. The summed E-state index contributed by atoms with van der Waals surface area (Å²) in [5.41, 5.74) is 5.29. The first-order valence-electron chi connectivity index (χ1n) is 7.55. The van der Waals surface area contributed by atoms with Gasteiger partial charge in [0.25, 0.3) is 5.91 Å². The van der Waals surface area contributed by atoms with Crippen LogP contribution >= 0.6 is 0 Å². The van der Waals surface area contributed by atoms with Crippen LogP contribution in [0.2, 0.25) is 0 Å². The topological polar surface area (TPSA) is 46.1 Å². The Labute approximate surface area is 134 Å². The number of rotatable bonds is 1. The molecule has 3 aromatic rings. The summed E-state index contributed by atoms with van der Waals surface area (Å²) in [7, 11) is 0. The van der Waals surface area contributed by atoms with E-state index in [2.05, 4.69) is 34.5 Å². The lowest BCUT2D eigenvalue weighted by Crippen LogP contribution is -2.29. The summed E-state index contributed by atoms with van der Waals surface area (Å²) < 4.78 is 0. The fourth-order valence-electron chi connectivity index (χ4n) is 3.05. The van der Waals surface area contributed by atoms with E-state index in [1.807, 2.05) is 29.2 Å². The zero-order valence-corrected chi connectivity index (χ0v) is 12.5. The van der Waals surface area contributed by atoms with Crippen LogP contribution in [0.3, 0.4) is 0 Å². The minimum Gasteiger partial charge on any atom is -0.330 e. The molecule has 0 saturated carbocycles. The van der Waals surface area contributed by atoms with Crippen molar-refractivity contribution in [1.82, 2.24) is 15.1 Å². The Kier molecular flexibility index (Phi) is 3.35. The van der Waals surface area contributed by atoms with E-state index >= 15 is 0 Å².